The van der Waals surface area contributed by atoms with Crippen LogP contribution in [0.3, 0.4) is 0 Å². The van der Waals surface area contributed by atoms with Crippen molar-refractivity contribution in [3.63, 3.8) is 0 Å². The summed E-state index contributed by atoms with van der Waals surface area (Å²) >= 11 is 3.46. The van der Waals surface area contributed by atoms with E-state index in [2.05, 4.69) is 26.3 Å². The monoisotopic (exact) mass is 322 g/mol. The van der Waals surface area contributed by atoms with Gasteiger partial charge in [0.25, 0.3) is 5.56 Å². The van der Waals surface area contributed by atoms with E-state index in [0.29, 0.717) is 25.3 Å². The van der Waals surface area contributed by atoms with E-state index < -0.39 is 0 Å². The van der Waals surface area contributed by atoms with Gasteiger partial charge in [-0.25, -0.2) is 4.68 Å². The Balaban J connectivity index is 2.18. The van der Waals surface area contributed by atoms with Gasteiger partial charge in [-0.2, -0.15) is 5.10 Å². The minimum Gasteiger partial charge on any atom is -0.382 e. The fourth-order valence-electron chi connectivity index (χ4n) is 1.65. The molecule has 2 aromatic rings. The third-order valence-electron chi connectivity index (χ3n) is 2.62. The molecule has 19 heavy (non-hydrogen) atoms. The van der Waals surface area contributed by atoms with Crippen molar-refractivity contribution >= 4 is 21.6 Å². The minimum atomic E-state index is -0.141. The minimum absolute atomic E-state index is 0.141. The first-order chi connectivity index (χ1) is 9.20. The van der Waals surface area contributed by atoms with E-state index in [9.17, 15) is 4.79 Å². The lowest BCUT2D eigenvalue weighted by molar-refractivity contribution is 0.638. The van der Waals surface area contributed by atoms with Gasteiger partial charge in [-0.1, -0.05) is 34.1 Å². The smallest absolute Gasteiger partial charge is 0.269 e. The van der Waals surface area contributed by atoms with Crippen molar-refractivity contribution in [3.8, 4) is 0 Å². The van der Waals surface area contributed by atoms with Gasteiger partial charge in [0.15, 0.2) is 0 Å². The number of nitrogens with two attached hydrogens (primary N) is 1. The maximum absolute atomic E-state index is 11.9. The highest BCUT2D eigenvalue weighted by Gasteiger charge is 2.03. The number of halogens is 1. The zero-order valence-corrected chi connectivity index (χ0v) is 11.9. The van der Waals surface area contributed by atoms with Crippen molar-refractivity contribution in [2.24, 2.45) is 5.73 Å². The Morgan fingerprint density at radius 3 is 2.84 bits per heavy atom. The van der Waals surface area contributed by atoms with Crippen molar-refractivity contribution in [2.45, 2.75) is 6.54 Å². The van der Waals surface area contributed by atoms with Gasteiger partial charge in [0.2, 0.25) is 0 Å². The summed E-state index contributed by atoms with van der Waals surface area (Å²) in [6, 6.07) is 9.29. The van der Waals surface area contributed by atoms with Crippen molar-refractivity contribution in [3.05, 3.63) is 56.9 Å². The average molecular weight is 323 g/mol. The Morgan fingerprint density at radius 1 is 1.37 bits per heavy atom. The van der Waals surface area contributed by atoms with Gasteiger partial charge in [-0.15, -0.1) is 0 Å². The van der Waals surface area contributed by atoms with Crippen molar-refractivity contribution < 1.29 is 0 Å². The summed E-state index contributed by atoms with van der Waals surface area (Å²) in [4.78, 5) is 11.9. The number of rotatable bonds is 5. The summed E-state index contributed by atoms with van der Waals surface area (Å²) in [5, 5.41) is 7.18. The number of benzene rings is 1. The van der Waals surface area contributed by atoms with Crippen LogP contribution in [0.25, 0.3) is 0 Å². The zero-order chi connectivity index (χ0) is 13.7. The molecule has 0 amide bonds. The van der Waals surface area contributed by atoms with E-state index >= 15 is 0 Å². The number of hydrogen-bond acceptors (Lipinski definition) is 4. The van der Waals surface area contributed by atoms with E-state index in [1.54, 1.807) is 6.20 Å². The molecule has 0 spiro atoms. The fraction of sp³-hybridized carbons (Fsp3) is 0.231. The Bertz CT molecular complexity index is 612. The quantitative estimate of drug-likeness (QED) is 0.873. The highest BCUT2D eigenvalue weighted by atomic mass is 79.9. The number of nitrogens with zero attached hydrogens (tertiary/aromatic N) is 2. The largest absolute Gasteiger partial charge is 0.382 e. The summed E-state index contributed by atoms with van der Waals surface area (Å²) in [5.74, 6) is 0. The summed E-state index contributed by atoms with van der Waals surface area (Å²) in [6.45, 7) is 1.58. The second-order valence-corrected chi connectivity index (χ2v) is 4.90. The predicted octanol–water partition coefficient (Wildman–Crippen LogP) is 1.42. The fourth-order valence-corrected chi connectivity index (χ4v) is 2.06. The zero-order valence-electron chi connectivity index (χ0n) is 10.3. The molecule has 0 aliphatic heterocycles. The molecular formula is C13H15BrN4O. The van der Waals surface area contributed by atoms with Crippen LogP contribution in [-0.4, -0.2) is 22.9 Å². The summed E-state index contributed by atoms with van der Waals surface area (Å²) in [6.07, 6.45) is 1.63. The van der Waals surface area contributed by atoms with E-state index in [4.69, 9.17) is 5.73 Å². The van der Waals surface area contributed by atoms with Gasteiger partial charge < -0.3 is 11.1 Å². The van der Waals surface area contributed by atoms with Gasteiger partial charge >= 0.3 is 0 Å². The molecule has 0 bridgehead atoms. The van der Waals surface area contributed by atoms with Crippen molar-refractivity contribution in [1.29, 1.82) is 0 Å². The molecule has 100 valence electrons. The molecular weight excluding hydrogens is 308 g/mol. The molecule has 5 nitrogen and oxygen atoms in total. The maximum atomic E-state index is 11.9. The van der Waals surface area contributed by atoms with Crippen LogP contribution >= 0.6 is 15.9 Å². The van der Waals surface area contributed by atoms with Crippen molar-refractivity contribution in [1.82, 2.24) is 9.78 Å². The maximum Gasteiger partial charge on any atom is 0.269 e. The van der Waals surface area contributed by atoms with Crippen LogP contribution in [-0.2, 0) is 6.54 Å². The molecule has 0 aliphatic carbocycles. The van der Waals surface area contributed by atoms with Crippen LogP contribution in [0.5, 0.6) is 0 Å². The van der Waals surface area contributed by atoms with E-state index in [1.807, 2.05) is 24.3 Å². The lowest BCUT2D eigenvalue weighted by Gasteiger charge is -2.08. The molecule has 0 radical (unpaired) electrons. The van der Waals surface area contributed by atoms with Crippen molar-refractivity contribution in [2.75, 3.05) is 18.4 Å². The standard InChI is InChI=1S/C13H15BrN4O/c14-12-4-2-1-3-10(12)9-18-13(19)7-11(8-17-18)16-6-5-15/h1-4,7-8,16H,5-6,9,15H2. The normalized spacial score (nSPS) is 10.4. The van der Waals surface area contributed by atoms with E-state index in [0.717, 1.165) is 10.0 Å². The Morgan fingerprint density at radius 2 is 2.16 bits per heavy atom. The lowest BCUT2D eigenvalue weighted by Crippen LogP contribution is -2.24. The number of nitrogens with one attached hydrogen (secondary N) is 1. The highest BCUT2D eigenvalue weighted by molar-refractivity contribution is 9.10. The van der Waals surface area contributed by atoms with Crippen LogP contribution in [0.2, 0.25) is 0 Å². The highest BCUT2D eigenvalue weighted by Crippen LogP contribution is 2.16. The van der Waals surface area contributed by atoms with Crippen LogP contribution in [0, 0.1) is 0 Å². The molecule has 0 atom stereocenters. The van der Waals surface area contributed by atoms with Gasteiger partial charge in [-0.05, 0) is 11.6 Å². The number of anilines is 1. The van der Waals surface area contributed by atoms with Gasteiger partial charge in [-0.3, -0.25) is 4.79 Å². The second kappa shape index (κ2) is 6.49. The lowest BCUT2D eigenvalue weighted by atomic mass is 10.2. The average Bonchev–Trinajstić information content (AvgIpc) is 2.41. The molecule has 0 unspecified atom stereocenters. The molecule has 1 heterocycles. The molecule has 0 aliphatic rings. The summed E-state index contributed by atoms with van der Waals surface area (Å²) in [5.41, 5.74) is 6.96. The van der Waals surface area contributed by atoms with Crippen LogP contribution < -0.4 is 16.6 Å². The Kier molecular flexibility index (Phi) is 4.70. The van der Waals surface area contributed by atoms with E-state index in [1.165, 1.54) is 10.7 Å². The van der Waals surface area contributed by atoms with Gasteiger partial charge in [0.05, 0.1) is 18.4 Å². The third-order valence-corrected chi connectivity index (χ3v) is 3.39. The number of hydrogen-bond donors (Lipinski definition) is 2. The SMILES string of the molecule is NCCNc1cnn(Cc2ccccc2Br)c(=O)c1. The summed E-state index contributed by atoms with van der Waals surface area (Å²) in [7, 11) is 0. The van der Waals surface area contributed by atoms with Gasteiger partial charge in [0.1, 0.15) is 0 Å². The molecule has 0 fully saturated rings. The third kappa shape index (κ3) is 3.65. The van der Waals surface area contributed by atoms with Crippen LogP contribution in [0.1, 0.15) is 5.56 Å². The number of aromatic nitrogens is 2. The first kappa shape index (κ1) is 13.8. The van der Waals surface area contributed by atoms with Crippen LogP contribution in [0.15, 0.2) is 45.8 Å². The second-order valence-electron chi connectivity index (χ2n) is 4.05. The predicted molar refractivity (Wildman–Crippen MR) is 79.3 cm³/mol. The van der Waals surface area contributed by atoms with E-state index in [-0.39, 0.29) is 5.56 Å². The Labute approximate surface area is 119 Å². The first-order valence-corrected chi connectivity index (χ1v) is 6.74. The molecule has 1 aromatic heterocycles. The Hall–Kier alpha value is -1.66. The molecule has 0 saturated carbocycles. The molecule has 1 aromatic carbocycles. The van der Waals surface area contributed by atoms with Gasteiger partial charge in [0, 0.05) is 23.6 Å². The topological polar surface area (TPSA) is 72.9 Å². The summed E-state index contributed by atoms with van der Waals surface area (Å²) < 4.78 is 2.39. The molecule has 2 rings (SSSR count). The van der Waals surface area contributed by atoms with Crippen LogP contribution in [0.4, 0.5) is 5.69 Å². The molecule has 3 N–H and O–H groups in total. The molecule has 0 saturated heterocycles. The molecule has 6 heteroatoms. The first-order valence-electron chi connectivity index (χ1n) is 5.95.